The molecule has 3 aliphatic rings. The summed E-state index contributed by atoms with van der Waals surface area (Å²) < 4.78 is 2.09. The first kappa shape index (κ1) is 14.4. The van der Waals surface area contributed by atoms with E-state index in [1.54, 1.807) is 10.6 Å². The largest absolute Gasteiger partial charge is 0.391 e. The van der Waals surface area contributed by atoms with Crippen LogP contribution in [-0.2, 0) is 5.66 Å². The van der Waals surface area contributed by atoms with Crippen molar-refractivity contribution in [3.63, 3.8) is 0 Å². The predicted octanol–water partition coefficient (Wildman–Crippen LogP) is 0.543. The molecule has 4 atom stereocenters. The molecule has 1 amide bonds. The van der Waals surface area contributed by atoms with Gasteiger partial charge in [-0.15, -0.1) is 0 Å². The molecular weight excluding hydrogens is 350 g/mol. The maximum Gasteiger partial charge on any atom is 0.270 e. The zero-order chi connectivity index (χ0) is 15.8. The van der Waals surface area contributed by atoms with Crippen LogP contribution in [0.4, 0.5) is 0 Å². The van der Waals surface area contributed by atoms with Crippen molar-refractivity contribution in [2.75, 3.05) is 7.05 Å². The van der Waals surface area contributed by atoms with Gasteiger partial charge in [-0.05, 0) is 48.0 Å². The van der Waals surface area contributed by atoms with Crippen molar-refractivity contribution in [3.8, 4) is 0 Å². The van der Waals surface area contributed by atoms with Gasteiger partial charge in [-0.25, -0.2) is 0 Å². The number of amides is 1. The number of aryl methyl sites for hydroxylation is 1. The van der Waals surface area contributed by atoms with Gasteiger partial charge in [0.2, 0.25) is 0 Å². The molecule has 2 bridgehead atoms. The number of carbonyl (C=O) groups is 1. The molecule has 4 unspecified atom stereocenters. The fraction of sp³-hybridized carbons (Fsp3) is 0.600. The van der Waals surface area contributed by atoms with E-state index in [1.807, 2.05) is 14.0 Å². The van der Waals surface area contributed by atoms with Crippen LogP contribution in [0.15, 0.2) is 15.3 Å². The maximum absolute atomic E-state index is 12.7. The quantitative estimate of drug-likeness (QED) is 0.701. The number of hydrogen-bond acceptors (Lipinski definition) is 4. The summed E-state index contributed by atoms with van der Waals surface area (Å²) in [6.45, 7) is 1.84. The van der Waals surface area contributed by atoms with Crippen molar-refractivity contribution >= 4 is 21.8 Å². The number of hydrogen-bond donors (Lipinski definition) is 2. The van der Waals surface area contributed by atoms with Crippen LogP contribution in [0.3, 0.4) is 0 Å². The molecule has 0 aliphatic carbocycles. The van der Waals surface area contributed by atoms with Gasteiger partial charge in [-0.3, -0.25) is 19.1 Å². The van der Waals surface area contributed by atoms with Gasteiger partial charge in [0.25, 0.3) is 11.5 Å². The third-order valence-corrected chi connectivity index (χ3v) is 6.08. The molecule has 118 valence electrons. The molecule has 0 saturated carbocycles. The van der Waals surface area contributed by atoms with Crippen molar-refractivity contribution in [1.82, 2.24) is 14.8 Å². The van der Waals surface area contributed by atoms with Crippen LogP contribution in [0.2, 0.25) is 0 Å². The van der Waals surface area contributed by atoms with Crippen LogP contribution in [0.25, 0.3) is 0 Å². The Kier molecular flexibility index (Phi) is 2.90. The first-order valence-electron chi connectivity index (χ1n) is 7.49. The molecule has 4 rings (SSSR count). The fourth-order valence-electron chi connectivity index (χ4n) is 4.48. The Bertz CT molecular complexity index is 746. The van der Waals surface area contributed by atoms with E-state index >= 15 is 0 Å². The van der Waals surface area contributed by atoms with E-state index in [2.05, 4.69) is 26.1 Å². The van der Waals surface area contributed by atoms with Crippen LogP contribution in [0.1, 0.15) is 35.3 Å². The normalized spacial score (nSPS) is 36.7. The van der Waals surface area contributed by atoms with Gasteiger partial charge in [0.15, 0.2) is 0 Å². The lowest BCUT2D eigenvalue weighted by Crippen LogP contribution is -2.58. The lowest BCUT2D eigenvalue weighted by Gasteiger charge is -2.44. The summed E-state index contributed by atoms with van der Waals surface area (Å²) in [4.78, 5) is 27.3. The molecule has 3 aliphatic heterocycles. The second kappa shape index (κ2) is 4.43. The predicted molar refractivity (Wildman–Crippen MR) is 83.8 cm³/mol. The summed E-state index contributed by atoms with van der Waals surface area (Å²) in [6, 6.07) is 1.84. The number of halogens is 1. The minimum absolute atomic E-state index is 0.0313. The lowest BCUT2D eigenvalue weighted by atomic mass is 9.90. The highest BCUT2D eigenvalue weighted by Gasteiger charge is 2.56. The van der Waals surface area contributed by atoms with E-state index in [0.29, 0.717) is 29.4 Å². The maximum atomic E-state index is 12.7. The van der Waals surface area contributed by atoms with Crippen LogP contribution in [-0.4, -0.2) is 45.7 Å². The minimum atomic E-state index is -0.711. The van der Waals surface area contributed by atoms with E-state index in [9.17, 15) is 14.7 Å². The van der Waals surface area contributed by atoms with E-state index in [0.717, 1.165) is 5.56 Å². The number of rotatable bonds is 0. The molecule has 22 heavy (non-hydrogen) atoms. The Morgan fingerprint density at radius 2 is 2.14 bits per heavy atom. The van der Waals surface area contributed by atoms with Gasteiger partial charge in [0.05, 0.1) is 10.6 Å². The third kappa shape index (κ3) is 1.67. The highest BCUT2D eigenvalue weighted by atomic mass is 79.9. The van der Waals surface area contributed by atoms with E-state index in [-0.39, 0.29) is 23.6 Å². The summed E-state index contributed by atoms with van der Waals surface area (Å²) in [5.41, 5.74) is 0.342. The number of fused-ring (bicyclic) bond motifs is 4. The van der Waals surface area contributed by atoms with Crippen molar-refractivity contribution in [1.29, 1.82) is 0 Å². The SMILES string of the molecule is Cc1cc(Br)c(=O)n2c1C(=O)NC21CC2CC(O)C(C1)N2C. The number of aliphatic hydroxyl groups is 1. The average Bonchev–Trinajstić information content (AvgIpc) is 2.79. The van der Waals surface area contributed by atoms with Crippen LogP contribution in [0.5, 0.6) is 0 Å². The van der Waals surface area contributed by atoms with Crippen molar-refractivity contribution < 1.29 is 9.90 Å². The summed E-state index contributed by atoms with van der Waals surface area (Å²) >= 11 is 3.31. The van der Waals surface area contributed by atoms with Crippen molar-refractivity contribution in [3.05, 3.63) is 32.2 Å². The standard InChI is InChI=1S/C15H18BrN3O3/c1-7-3-9(16)14(22)19-12(7)13(21)17-15(19)5-8-4-11(20)10(6-15)18(8)2/h3,8,10-11,20H,4-6H2,1-2H3,(H,17,21). The molecule has 2 fully saturated rings. The molecular formula is C15H18BrN3O3. The summed E-state index contributed by atoms with van der Waals surface area (Å²) in [7, 11) is 2.00. The summed E-state index contributed by atoms with van der Waals surface area (Å²) in [5, 5.41) is 13.3. The second-order valence-corrected chi connectivity index (χ2v) is 7.60. The molecule has 4 heterocycles. The lowest BCUT2D eigenvalue weighted by molar-refractivity contribution is 0.0270. The summed E-state index contributed by atoms with van der Waals surface area (Å²) in [6.07, 6.45) is 1.48. The molecule has 2 saturated heterocycles. The molecule has 1 spiro atoms. The first-order chi connectivity index (χ1) is 10.3. The van der Waals surface area contributed by atoms with Crippen LogP contribution in [0, 0.1) is 6.92 Å². The number of nitrogens with zero attached hydrogens (tertiary/aromatic N) is 2. The molecule has 0 aromatic carbocycles. The highest BCUT2D eigenvalue weighted by molar-refractivity contribution is 9.10. The minimum Gasteiger partial charge on any atom is -0.391 e. The van der Waals surface area contributed by atoms with Gasteiger partial charge >= 0.3 is 0 Å². The van der Waals surface area contributed by atoms with E-state index in [4.69, 9.17) is 0 Å². The Hall–Kier alpha value is -1.18. The summed E-state index contributed by atoms with van der Waals surface area (Å²) in [5.74, 6) is -0.194. The molecule has 1 aromatic heterocycles. The van der Waals surface area contributed by atoms with Gasteiger partial charge in [-0.2, -0.15) is 0 Å². The molecule has 6 nitrogen and oxygen atoms in total. The Morgan fingerprint density at radius 3 is 2.82 bits per heavy atom. The fourth-order valence-corrected chi connectivity index (χ4v) is 5.00. The highest BCUT2D eigenvalue weighted by Crippen LogP contribution is 2.44. The number of likely N-dealkylation sites (N-methyl/N-ethyl adjacent to an activating group) is 1. The van der Waals surface area contributed by atoms with Crippen LogP contribution >= 0.6 is 15.9 Å². The van der Waals surface area contributed by atoms with E-state index in [1.165, 1.54) is 0 Å². The molecule has 2 N–H and O–H groups in total. The topological polar surface area (TPSA) is 74.6 Å². The van der Waals surface area contributed by atoms with E-state index < -0.39 is 11.8 Å². The van der Waals surface area contributed by atoms with Crippen LogP contribution < -0.4 is 10.9 Å². The number of nitrogens with one attached hydrogen (secondary N) is 1. The number of pyridine rings is 1. The number of aliphatic hydroxyl groups excluding tert-OH is 1. The number of aromatic nitrogens is 1. The number of carbonyl (C=O) groups excluding carboxylic acids is 1. The monoisotopic (exact) mass is 367 g/mol. The second-order valence-electron chi connectivity index (χ2n) is 6.75. The first-order valence-corrected chi connectivity index (χ1v) is 8.28. The van der Waals surface area contributed by atoms with Gasteiger partial charge in [0.1, 0.15) is 11.4 Å². The molecule has 0 radical (unpaired) electrons. The third-order valence-electron chi connectivity index (χ3n) is 5.51. The number of piperidine rings is 1. The average molecular weight is 368 g/mol. The van der Waals surface area contributed by atoms with Crippen molar-refractivity contribution in [2.45, 2.75) is 50.0 Å². The Labute approximate surface area is 136 Å². The zero-order valence-corrected chi connectivity index (χ0v) is 14.1. The van der Waals surface area contributed by atoms with Gasteiger partial charge in [-0.1, -0.05) is 0 Å². The van der Waals surface area contributed by atoms with Gasteiger partial charge in [0, 0.05) is 24.9 Å². The Balaban J connectivity index is 1.92. The van der Waals surface area contributed by atoms with Crippen molar-refractivity contribution in [2.24, 2.45) is 0 Å². The van der Waals surface area contributed by atoms with Gasteiger partial charge < -0.3 is 10.4 Å². The molecule has 7 heteroatoms. The Morgan fingerprint density at radius 1 is 1.41 bits per heavy atom. The smallest absolute Gasteiger partial charge is 0.270 e. The zero-order valence-electron chi connectivity index (χ0n) is 12.5. The molecule has 1 aromatic rings.